The molecule has 0 bridgehead atoms. The second-order valence-electron chi connectivity index (χ2n) is 9.74. The van der Waals surface area contributed by atoms with Gasteiger partial charge in [-0.15, -0.1) is 0 Å². The molecule has 2 amide bonds. The highest BCUT2D eigenvalue weighted by Gasteiger charge is 2.29. The monoisotopic (exact) mass is 532 g/mol. The first-order valence-corrected chi connectivity index (χ1v) is 13.1. The maximum absolute atomic E-state index is 12.8. The Labute approximate surface area is 230 Å². The maximum atomic E-state index is 12.8. The molecule has 2 aromatic carbocycles. The largest absolute Gasteiger partial charge is 0.383 e. The number of nitrogens with two attached hydrogens (primary N) is 1. The lowest BCUT2D eigenvalue weighted by molar-refractivity contribution is -0.127. The topological polar surface area (TPSA) is 135 Å². The summed E-state index contributed by atoms with van der Waals surface area (Å²) in [5, 5.41) is 15.7. The highest BCUT2D eigenvalue weighted by Crippen LogP contribution is 2.39. The third kappa shape index (κ3) is 4.60. The SMILES string of the molecule is C=CC(=O)N1CCCC(n2nc(-c3ccc(C(=O)Nc4ccccc4)cc3)c3c(N)ncc(-c4cn[nH]c4)c32)C1. The van der Waals surface area contributed by atoms with Gasteiger partial charge in [-0.1, -0.05) is 36.9 Å². The molecule has 0 radical (unpaired) electrons. The van der Waals surface area contributed by atoms with Crippen LogP contribution >= 0.6 is 0 Å². The zero-order valence-corrected chi connectivity index (χ0v) is 21.7. The molecule has 1 atom stereocenters. The Bertz CT molecular complexity index is 1690. The van der Waals surface area contributed by atoms with Crippen LogP contribution in [0.1, 0.15) is 29.2 Å². The zero-order chi connectivity index (χ0) is 27.6. The normalized spacial score (nSPS) is 15.2. The van der Waals surface area contributed by atoms with Crippen LogP contribution < -0.4 is 11.1 Å². The van der Waals surface area contributed by atoms with E-state index in [1.54, 1.807) is 35.6 Å². The number of carbonyl (C=O) groups excluding carboxylic acids is 2. The van der Waals surface area contributed by atoms with Crippen molar-refractivity contribution in [3.63, 3.8) is 0 Å². The molecular weight excluding hydrogens is 504 g/mol. The number of nitrogens with one attached hydrogen (secondary N) is 2. The molecule has 1 aliphatic rings. The Morgan fingerprint density at radius 1 is 1.07 bits per heavy atom. The van der Waals surface area contributed by atoms with E-state index >= 15 is 0 Å². The number of piperidine rings is 1. The lowest BCUT2D eigenvalue weighted by atomic mass is 10.0. The van der Waals surface area contributed by atoms with Crippen molar-refractivity contribution in [1.29, 1.82) is 0 Å². The third-order valence-corrected chi connectivity index (χ3v) is 7.24. The number of amides is 2. The number of carbonyl (C=O) groups is 2. The summed E-state index contributed by atoms with van der Waals surface area (Å²) >= 11 is 0. The molecule has 4 heterocycles. The highest BCUT2D eigenvalue weighted by atomic mass is 16.2. The van der Waals surface area contributed by atoms with Crippen LogP contribution in [0.2, 0.25) is 0 Å². The van der Waals surface area contributed by atoms with Crippen LogP contribution in [0.3, 0.4) is 0 Å². The molecular formula is C30H28N8O2. The number of nitrogens with zero attached hydrogens (tertiary/aromatic N) is 5. The molecule has 200 valence electrons. The molecule has 1 saturated heterocycles. The summed E-state index contributed by atoms with van der Waals surface area (Å²) in [5.74, 6) is 0.0527. The van der Waals surface area contributed by atoms with Crippen molar-refractivity contribution in [3.05, 3.63) is 91.4 Å². The number of para-hydroxylation sites is 1. The van der Waals surface area contributed by atoms with Crippen molar-refractivity contribution in [2.75, 3.05) is 24.1 Å². The van der Waals surface area contributed by atoms with Gasteiger partial charge < -0.3 is 16.0 Å². The first-order valence-electron chi connectivity index (χ1n) is 13.1. The minimum absolute atomic E-state index is 0.0720. The molecule has 1 fully saturated rings. The quantitative estimate of drug-likeness (QED) is 0.272. The minimum Gasteiger partial charge on any atom is -0.383 e. The summed E-state index contributed by atoms with van der Waals surface area (Å²) in [4.78, 5) is 31.6. The number of hydrogen-bond acceptors (Lipinski definition) is 6. The van der Waals surface area contributed by atoms with Crippen LogP contribution in [-0.2, 0) is 4.79 Å². The number of aromatic amines is 1. The van der Waals surface area contributed by atoms with Crippen molar-refractivity contribution >= 4 is 34.2 Å². The van der Waals surface area contributed by atoms with Gasteiger partial charge in [-0.25, -0.2) is 4.98 Å². The van der Waals surface area contributed by atoms with E-state index in [0.717, 1.165) is 40.7 Å². The molecule has 40 heavy (non-hydrogen) atoms. The number of fused-ring (bicyclic) bond motifs is 1. The molecule has 10 heteroatoms. The van der Waals surface area contributed by atoms with Crippen LogP contribution in [0.25, 0.3) is 33.3 Å². The number of benzene rings is 2. The van der Waals surface area contributed by atoms with Crippen molar-refractivity contribution in [1.82, 2.24) is 29.9 Å². The van der Waals surface area contributed by atoms with E-state index in [9.17, 15) is 9.59 Å². The fraction of sp³-hybridized carbons (Fsp3) is 0.167. The third-order valence-electron chi connectivity index (χ3n) is 7.24. The predicted octanol–water partition coefficient (Wildman–Crippen LogP) is 4.67. The number of aromatic nitrogens is 5. The van der Waals surface area contributed by atoms with Gasteiger partial charge in [-0.05, 0) is 43.2 Å². The minimum atomic E-state index is -0.203. The van der Waals surface area contributed by atoms with E-state index in [-0.39, 0.29) is 17.9 Å². The number of likely N-dealkylation sites (tertiary alicyclic amines) is 1. The van der Waals surface area contributed by atoms with Gasteiger partial charge in [0.2, 0.25) is 5.91 Å². The molecule has 1 aliphatic heterocycles. The summed E-state index contributed by atoms with van der Waals surface area (Å²) < 4.78 is 1.98. The highest BCUT2D eigenvalue weighted by molar-refractivity contribution is 6.07. The van der Waals surface area contributed by atoms with Crippen LogP contribution in [0.15, 0.2) is 85.8 Å². The van der Waals surface area contributed by atoms with Gasteiger partial charge in [0, 0.05) is 53.4 Å². The lowest BCUT2D eigenvalue weighted by Crippen LogP contribution is -2.40. The van der Waals surface area contributed by atoms with Crippen LogP contribution in [-0.4, -0.2) is 54.8 Å². The molecule has 10 nitrogen and oxygen atoms in total. The number of H-pyrrole nitrogens is 1. The average Bonchev–Trinajstić information content (AvgIpc) is 3.67. The van der Waals surface area contributed by atoms with Crippen molar-refractivity contribution < 1.29 is 9.59 Å². The van der Waals surface area contributed by atoms with Crippen LogP contribution in [0.5, 0.6) is 0 Å². The Morgan fingerprint density at radius 2 is 1.88 bits per heavy atom. The van der Waals surface area contributed by atoms with E-state index < -0.39 is 0 Å². The fourth-order valence-corrected chi connectivity index (χ4v) is 5.26. The fourth-order valence-electron chi connectivity index (χ4n) is 5.26. The van der Waals surface area contributed by atoms with E-state index in [1.165, 1.54) is 6.08 Å². The first kappa shape index (κ1) is 25.1. The molecule has 0 aliphatic carbocycles. The predicted molar refractivity (Wildman–Crippen MR) is 154 cm³/mol. The second kappa shape index (κ2) is 10.5. The molecule has 6 rings (SSSR count). The van der Waals surface area contributed by atoms with Crippen LogP contribution in [0, 0.1) is 0 Å². The maximum Gasteiger partial charge on any atom is 0.255 e. The summed E-state index contributed by atoms with van der Waals surface area (Å²) in [5.41, 5.74) is 11.7. The second-order valence-corrected chi connectivity index (χ2v) is 9.74. The number of pyridine rings is 1. The zero-order valence-electron chi connectivity index (χ0n) is 21.7. The van der Waals surface area contributed by atoms with E-state index in [0.29, 0.717) is 35.6 Å². The van der Waals surface area contributed by atoms with Crippen molar-refractivity contribution in [3.8, 4) is 22.4 Å². The smallest absolute Gasteiger partial charge is 0.255 e. The van der Waals surface area contributed by atoms with Gasteiger partial charge in [-0.2, -0.15) is 10.2 Å². The Balaban J connectivity index is 1.44. The Morgan fingerprint density at radius 3 is 2.60 bits per heavy atom. The van der Waals surface area contributed by atoms with Gasteiger partial charge in [0.1, 0.15) is 11.5 Å². The van der Waals surface area contributed by atoms with E-state index in [4.69, 9.17) is 10.8 Å². The standard InChI is InChI=1S/C30H28N8O2/c1-2-25(39)37-14-6-9-23(18-37)38-28-24(21-15-33-34-16-21)17-32-29(31)26(28)27(36-38)19-10-12-20(13-11-19)30(40)35-22-7-4-3-5-8-22/h2-5,7-8,10-13,15-17,23H,1,6,9,14,18H2,(H2,31,32)(H,33,34)(H,35,40). The Hall–Kier alpha value is -5.25. The van der Waals surface area contributed by atoms with Gasteiger partial charge in [0.15, 0.2) is 0 Å². The van der Waals surface area contributed by atoms with E-state index in [2.05, 4.69) is 27.1 Å². The Kier molecular flexibility index (Phi) is 6.57. The molecule has 0 spiro atoms. The number of rotatable bonds is 6. The number of hydrogen-bond donors (Lipinski definition) is 3. The van der Waals surface area contributed by atoms with Crippen LogP contribution in [0.4, 0.5) is 11.5 Å². The molecule has 0 saturated carbocycles. The summed E-state index contributed by atoms with van der Waals surface area (Å²) in [6.07, 6.45) is 8.31. The van der Waals surface area contributed by atoms with E-state index in [1.807, 2.05) is 47.1 Å². The molecule has 3 aromatic heterocycles. The molecule has 5 aromatic rings. The van der Waals surface area contributed by atoms with Crippen molar-refractivity contribution in [2.24, 2.45) is 0 Å². The first-order chi connectivity index (χ1) is 19.5. The van der Waals surface area contributed by atoms with Gasteiger partial charge in [0.25, 0.3) is 5.91 Å². The molecule has 4 N–H and O–H groups in total. The van der Waals surface area contributed by atoms with Gasteiger partial charge >= 0.3 is 0 Å². The summed E-state index contributed by atoms with van der Waals surface area (Å²) in [6, 6.07) is 16.5. The van der Waals surface area contributed by atoms with Gasteiger partial charge in [-0.3, -0.25) is 19.4 Å². The lowest BCUT2D eigenvalue weighted by Gasteiger charge is -2.32. The number of nitrogen functional groups attached to an aromatic ring is 1. The number of anilines is 2. The van der Waals surface area contributed by atoms with Gasteiger partial charge in [0.05, 0.1) is 23.1 Å². The average molecular weight is 533 g/mol. The summed E-state index contributed by atoms with van der Waals surface area (Å²) in [7, 11) is 0. The molecule has 1 unspecified atom stereocenters. The summed E-state index contributed by atoms with van der Waals surface area (Å²) in [6.45, 7) is 4.84. The van der Waals surface area contributed by atoms with Crippen molar-refractivity contribution in [2.45, 2.75) is 18.9 Å².